The minimum Gasteiger partial charge on any atom is -0.467 e. The third-order valence-corrected chi connectivity index (χ3v) is 3.90. The number of amides is 1. The Kier molecular flexibility index (Phi) is 4.77. The smallest absolute Gasteiger partial charge is 0.328 e. The van der Waals surface area contributed by atoms with E-state index in [4.69, 9.17) is 4.74 Å². The van der Waals surface area contributed by atoms with E-state index in [-0.39, 0.29) is 17.9 Å². The Hall–Kier alpha value is -1.84. The zero-order valence-corrected chi connectivity index (χ0v) is 12.0. The van der Waals surface area contributed by atoms with Gasteiger partial charge >= 0.3 is 5.97 Å². The summed E-state index contributed by atoms with van der Waals surface area (Å²) >= 11 is 0. The molecule has 0 radical (unpaired) electrons. The number of rotatable bonds is 5. The maximum absolute atomic E-state index is 12.0. The molecular weight excluding hydrogens is 254 g/mol. The Morgan fingerprint density at radius 1 is 1.40 bits per heavy atom. The van der Waals surface area contributed by atoms with E-state index < -0.39 is 6.04 Å². The van der Waals surface area contributed by atoms with Crippen molar-refractivity contribution in [3.8, 4) is 0 Å². The van der Waals surface area contributed by atoms with E-state index in [1.54, 1.807) is 4.90 Å². The first-order chi connectivity index (χ1) is 9.63. The number of hydrogen-bond acceptors (Lipinski definition) is 3. The van der Waals surface area contributed by atoms with E-state index in [0.29, 0.717) is 12.8 Å². The number of nitrogens with zero attached hydrogens (tertiary/aromatic N) is 1. The van der Waals surface area contributed by atoms with Crippen LogP contribution in [-0.2, 0) is 20.7 Å². The van der Waals surface area contributed by atoms with E-state index >= 15 is 0 Å². The van der Waals surface area contributed by atoms with Crippen molar-refractivity contribution in [1.82, 2.24) is 4.90 Å². The number of ether oxygens (including phenoxy) is 1. The minimum atomic E-state index is -0.404. The van der Waals surface area contributed by atoms with Gasteiger partial charge in [0.05, 0.1) is 7.11 Å². The van der Waals surface area contributed by atoms with Crippen LogP contribution in [0.2, 0.25) is 0 Å². The Balaban J connectivity index is 1.97. The Morgan fingerprint density at radius 3 is 2.75 bits per heavy atom. The highest BCUT2D eigenvalue weighted by atomic mass is 16.5. The molecule has 1 saturated heterocycles. The molecule has 1 fully saturated rings. The summed E-state index contributed by atoms with van der Waals surface area (Å²) in [6.45, 7) is 2.00. The first kappa shape index (κ1) is 14.6. The number of benzene rings is 1. The summed E-state index contributed by atoms with van der Waals surface area (Å²) in [6, 6.07) is 9.82. The maximum Gasteiger partial charge on any atom is 0.328 e. The molecule has 0 saturated carbocycles. The van der Waals surface area contributed by atoms with Crippen LogP contribution in [-0.4, -0.2) is 36.0 Å². The molecule has 4 nitrogen and oxygen atoms in total. The van der Waals surface area contributed by atoms with Gasteiger partial charge in [0.2, 0.25) is 5.91 Å². The van der Waals surface area contributed by atoms with Crippen LogP contribution < -0.4 is 0 Å². The standard InChI is InChI=1S/C16H21NO3/c1-12(8-9-13-6-4-3-5-7-13)17-14(16(19)20-2)10-11-15(17)18/h3-7,12,14H,8-11H2,1-2H3. The molecular formula is C16H21NO3. The predicted octanol–water partition coefficient (Wildman–Crippen LogP) is 2.17. The number of carbonyl (C=O) groups is 2. The molecule has 2 rings (SSSR count). The van der Waals surface area contributed by atoms with E-state index in [9.17, 15) is 9.59 Å². The first-order valence-corrected chi connectivity index (χ1v) is 7.06. The average molecular weight is 275 g/mol. The lowest BCUT2D eigenvalue weighted by atomic mass is 10.0. The van der Waals surface area contributed by atoms with Crippen LogP contribution in [0.1, 0.15) is 31.7 Å². The SMILES string of the molecule is COC(=O)C1CCC(=O)N1C(C)CCc1ccccc1. The van der Waals surface area contributed by atoms with E-state index in [1.807, 2.05) is 25.1 Å². The summed E-state index contributed by atoms with van der Waals surface area (Å²) < 4.78 is 4.79. The summed E-state index contributed by atoms with van der Waals surface area (Å²) in [7, 11) is 1.37. The zero-order chi connectivity index (χ0) is 14.5. The molecule has 0 N–H and O–H groups in total. The number of likely N-dealkylation sites (tertiary alicyclic amines) is 1. The summed E-state index contributed by atoms with van der Waals surface area (Å²) in [5.74, 6) is -0.247. The summed E-state index contributed by atoms with van der Waals surface area (Å²) in [4.78, 5) is 25.4. The van der Waals surface area contributed by atoms with Gasteiger partial charge in [0.25, 0.3) is 0 Å². The molecule has 2 unspecified atom stereocenters. The van der Waals surface area contributed by atoms with Gasteiger partial charge in [-0.3, -0.25) is 4.79 Å². The molecule has 0 aromatic heterocycles. The fourth-order valence-corrected chi connectivity index (χ4v) is 2.78. The number of carbonyl (C=O) groups excluding carboxylic acids is 2. The van der Waals surface area contributed by atoms with Crippen molar-refractivity contribution in [2.24, 2.45) is 0 Å². The van der Waals surface area contributed by atoms with Crippen molar-refractivity contribution in [1.29, 1.82) is 0 Å². The van der Waals surface area contributed by atoms with Crippen molar-refractivity contribution >= 4 is 11.9 Å². The maximum atomic E-state index is 12.0. The fourth-order valence-electron chi connectivity index (χ4n) is 2.78. The van der Waals surface area contributed by atoms with Gasteiger partial charge in [0.15, 0.2) is 0 Å². The van der Waals surface area contributed by atoms with Crippen LogP contribution in [0.5, 0.6) is 0 Å². The lowest BCUT2D eigenvalue weighted by Gasteiger charge is -2.29. The highest BCUT2D eigenvalue weighted by molar-refractivity contribution is 5.88. The van der Waals surface area contributed by atoms with Gasteiger partial charge in [-0.05, 0) is 31.7 Å². The number of hydrogen-bond donors (Lipinski definition) is 0. The topological polar surface area (TPSA) is 46.6 Å². The highest BCUT2D eigenvalue weighted by Crippen LogP contribution is 2.24. The van der Waals surface area contributed by atoms with Gasteiger partial charge in [-0.1, -0.05) is 30.3 Å². The van der Waals surface area contributed by atoms with Crippen molar-refractivity contribution in [2.75, 3.05) is 7.11 Å². The third-order valence-electron chi connectivity index (χ3n) is 3.90. The van der Waals surface area contributed by atoms with Crippen LogP contribution in [0.15, 0.2) is 30.3 Å². The molecule has 2 atom stereocenters. The van der Waals surface area contributed by atoms with Crippen LogP contribution in [0.25, 0.3) is 0 Å². The number of aryl methyl sites for hydroxylation is 1. The van der Waals surface area contributed by atoms with Gasteiger partial charge in [-0.15, -0.1) is 0 Å². The molecule has 0 aliphatic carbocycles. The van der Waals surface area contributed by atoms with Gasteiger partial charge in [0, 0.05) is 12.5 Å². The average Bonchev–Trinajstić information content (AvgIpc) is 2.87. The van der Waals surface area contributed by atoms with E-state index in [0.717, 1.165) is 12.8 Å². The van der Waals surface area contributed by atoms with Gasteiger partial charge in [-0.2, -0.15) is 0 Å². The van der Waals surface area contributed by atoms with Crippen LogP contribution in [0.3, 0.4) is 0 Å². The van der Waals surface area contributed by atoms with Crippen LogP contribution in [0.4, 0.5) is 0 Å². The van der Waals surface area contributed by atoms with Gasteiger partial charge in [-0.25, -0.2) is 4.79 Å². The predicted molar refractivity (Wildman–Crippen MR) is 76.1 cm³/mol. The molecule has 0 spiro atoms. The van der Waals surface area contributed by atoms with Crippen molar-refractivity contribution in [3.63, 3.8) is 0 Å². The second-order valence-electron chi connectivity index (χ2n) is 5.25. The monoisotopic (exact) mass is 275 g/mol. The second-order valence-corrected chi connectivity index (χ2v) is 5.25. The minimum absolute atomic E-state index is 0.0503. The van der Waals surface area contributed by atoms with Gasteiger partial charge in [0.1, 0.15) is 6.04 Å². The van der Waals surface area contributed by atoms with Crippen LogP contribution in [0, 0.1) is 0 Å². The Labute approximate surface area is 119 Å². The van der Waals surface area contributed by atoms with Crippen molar-refractivity contribution in [3.05, 3.63) is 35.9 Å². The second kappa shape index (κ2) is 6.55. The first-order valence-electron chi connectivity index (χ1n) is 7.06. The van der Waals surface area contributed by atoms with Crippen molar-refractivity contribution < 1.29 is 14.3 Å². The molecule has 20 heavy (non-hydrogen) atoms. The molecule has 1 amide bonds. The third kappa shape index (κ3) is 3.18. The lowest BCUT2D eigenvalue weighted by molar-refractivity contribution is -0.150. The van der Waals surface area contributed by atoms with Crippen molar-refractivity contribution in [2.45, 2.75) is 44.7 Å². The van der Waals surface area contributed by atoms with Crippen LogP contribution >= 0.6 is 0 Å². The number of methoxy groups -OCH3 is 1. The largest absolute Gasteiger partial charge is 0.467 e. The molecule has 1 aliphatic rings. The van der Waals surface area contributed by atoms with E-state index in [2.05, 4.69) is 12.1 Å². The summed E-state index contributed by atoms with van der Waals surface area (Å²) in [5.41, 5.74) is 1.25. The highest BCUT2D eigenvalue weighted by Gasteiger charge is 2.39. The zero-order valence-electron chi connectivity index (χ0n) is 12.0. The number of esters is 1. The lowest BCUT2D eigenvalue weighted by Crippen LogP contribution is -2.44. The molecule has 4 heteroatoms. The Bertz CT molecular complexity index is 472. The molecule has 1 aromatic carbocycles. The normalized spacial score (nSPS) is 20.0. The van der Waals surface area contributed by atoms with Gasteiger partial charge < -0.3 is 9.64 Å². The quantitative estimate of drug-likeness (QED) is 0.774. The molecule has 108 valence electrons. The fraction of sp³-hybridized carbons (Fsp3) is 0.500. The van der Waals surface area contributed by atoms with E-state index in [1.165, 1.54) is 12.7 Å². The molecule has 1 heterocycles. The Morgan fingerprint density at radius 2 is 2.10 bits per heavy atom. The summed E-state index contributed by atoms with van der Waals surface area (Å²) in [6.07, 6.45) is 2.76. The summed E-state index contributed by atoms with van der Waals surface area (Å²) in [5, 5.41) is 0. The molecule has 0 bridgehead atoms. The molecule has 1 aromatic rings. The molecule has 1 aliphatic heterocycles.